The summed E-state index contributed by atoms with van der Waals surface area (Å²) in [5.41, 5.74) is 1.34. The molecule has 1 aliphatic carbocycles. The first-order valence-electron chi connectivity index (χ1n) is 6.40. The van der Waals surface area contributed by atoms with Crippen molar-refractivity contribution in [3.63, 3.8) is 0 Å². The Morgan fingerprint density at radius 1 is 1.14 bits per heavy atom. The van der Waals surface area contributed by atoms with Crippen molar-refractivity contribution in [1.82, 2.24) is 0 Å². The van der Waals surface area contributed by atoms with Gasteiger partial charge in [-0.05, 0) is 36.5 Å². The van der Waals surface area contributed by atoms with Crippen LogP contribution >= 0.6 is 0 Å². The fourth-order valence-electron chi connectivity index (χ4n) is 1.68. The van der Waals surface area contributed by atoms with Crippen molar-refractivity contribution in [2.45, 2.75) is 0 Å². The summed E-state index contributed by atoms with van der Waals surface area (Å²) in [7, 11) is -2.47. The molecule has 0 heterocycles. The summed E-state index contributed by atoms with van der Waals surface area (Å²) in [6, 6.07) is 9.05. The molecule has 0 N–H and O–H groups in total. The van der Waals surface area contributed by atoms with Crippen LogP contribution in [0.25, 0.3) is 6.08 Å². The van der Waals surface area contributed by atoms with Crippen molar-refractivity contribution in [3.8, 4) is 0 Å². The van der Waals surface area contributed by atoms with Gasteiger partial charge in [0.2, 0.25) is 0 Å². The molecule has 1 aliphatic rings. The van der Waals surface area contributed by atoms with Crippen LogP contribution in [0.1, 0.15) is 5.56 Å². The number of allylic oxidation sites excluding steroid dienone is 5. The zero-order valence-corrected chi connectivity index (χ0v) is 12.7. The van der Waals surface area contributed by atoms with Gasteiger partial charge in [0.05, 0.1) is 17.1 Å². The van der Waals surface area contributed by atoms with E-state index in [0.29, 0.717) is 5.57 Å². The topological polar surface area (TPSA) is 78.8 Å². The van der Waals surface area contributed by atoms with Crippen molar-refractivity contribution in [3.05, 3.63) is 77.1 Å². The van der Waals surface area contributed by atoms with Gasteiger partial charge in [0.15, 0.2) is 0 Å². The van der Waals surface area contributed by atoms with Gasteiger partial charge in [0.1, 0.15) is 0 Å². The first-order chi connectivity index (χ1) is 10.5. The Hall–Kier alpha value is -2.60. The highest BCUT2D eigenvalue weighted by Crippen LogP contribution is 2.12. The highest BCUT2D eigenvalue weighted by molar-refractivity contribution is 7.93. The maximum Gasteiger partial charge on any atom is 0.276 e. The Balaban J connectivity index is 2.16. The molecule has 0 saturated carbocycles. The molecule has 0 unspecified atom stereocenters. The molecule has 0 spiro atoms. The number of nitrogens with zero attached hydrogens (tertiary/aromatic N) is 1. The largest absolute Gasteiger partial charge is 0.616 e. The highest BCUT2D eigenvalue weighted by Gasteiger charge is 2.06. The molecule has 0 aliphatic heterocycles. The van der Waals surface area contributed by atoms with Crippen LogP contribution in [0, 0.1) is 0 Å². The molecule has 1 aromatic carbocycles. The molecule has 0 fully saturated rings. The second-order valence-electron chi connectivity index (χ2n) is 4.36. The van der Waals surface area contributed by atoms with Gasteiger partial charge in [-0.3, -0.25) is 0 Å². The van der Waals surface area contributed by atoms with Crippen molar-refractivity contribution in [1.29, 1.82) is 0 Å². The van der Waals surface area contributed by atoms with E-state index in [9.17, 15) is 13.5 Å². The fraction of sp³-hybridized carbons (Fsp3) is 0.0625. The number of methoxy groups -OCH3 is 1. The zero-order valence-electron chi connectivity index (χ0n) is 11.8. The van der Waals surface area contributed by atoms with Crippen LogP contribution in [0.2, 0.25) is 0 Å². The van der Waals surface area contributed by atoms with Crippen LogP contribution in [0.4, 0.5) is 0 Å². The van der Waals surface area contributed by atoms with E-state index in [1.165, 1.54) is 37.5 Å². The second-order valence-corrected chi connectivity index (χ2v) is 5.84. The van der Waals surface area contributed by atoms with Crippen LogP contribution in [-0.2, 0) is 14.8 Å². The average Bonchev–Trinajstić information content (AvgIpc) is 2.54. The molecule has 0 atom stereocenters. The van der Waals surface area contributed by atoms with Gasteiger partial charge in [-0.2, -0.15) is 12.8 Å². The Bertz CT molecular complexity index is 767. The van der Waals surface area contributed by atoms with Crippen molar-refractivity contribution >= 4 is 21.8 Å². The van der Waals surface area contributed by atoms with E-state index in [1.54, 1.807) is 12.1 Å². The maximum atomic E-state index is 11.9. The van der Waals surface area contributed by atoms with E-state index in [4.69, 9.17) is 0 Å². The smallest absolute Gasteiger partial charge is 0.276 e. The van der Waals surface area contributed by atoms with E-state index in [0.717, 1.165) is 11.0 Å². The lowest BCUT2D eigenvalue weighted by molar-refractivity contribution is -0.354. The first-order valence-corrected chi connectivity index (χ1v) is 7.90. The number of hydrogen-bond donors (Lipinski definition) is 0. The average molecular weight is 316 g/mol. The van der Waals surface area contributed by atoms with Crippen molar-refractivity contribution in [2.75, 3.05) is 7.11 Å². The van der Waals surface area contributed by atoms with Crippen LogP contribution in [0.3, 0.4) is 0 Å². The quantitative estimate of drug-likeness (QED) is 0.793. The molecule has 0 aromatic heterocycles. The second kappa shape index (κ2) is 6.91. The van der Waals surface area contributed by atoms with E-state index in [1.807, 2.05) is 18.2 Å². The van der Waals surface area contributed by atoms with Crippen LogP contribution in [-0.4, -0.2) is 21.2 Å². The lowest BCUT2D eigenvalue weighted by atomic mass is 10.1. The lowest BCUT2D eigenvalue weighted by Gasteiger charge is -2.13. The number of sulfonamides is 1. The predicted molar refractivity (Wildman–Crippen MR) is 84.1 cm³/mol. The monoisotopic (exact) mass is 316 g/mol. The van der Waals surface area contributed by atoms with Gasteiger partial charge in [-0.1, -0.05) is 42.5 Å². The molecule has 0 bridgehead atoms. The molecule has 6 heteroatoms. The van der Waals surface area contributed by atoms with Gasteiger partial charge >= 0.3 is 0 Å². The minimum absolute atomic E-state index is 0.241. The summed E-state index contributed by atoms with van der Waals surface area (Å²) in [5.74, 6) is -0.488. The van der Waals surface area contributed by atoms with Gasteiger partial charge in [-0.25, -0.2) is 0 Å². The summed E-state index contributed by atoms with van der Waals surface area (Å²) in [6.07, 6.45) is 7.28. The molecule has 0 saturated heterocycles. The Labute approximate surface area is 129 Å². The summed E-state index contributed by atoms with van der Waals surface area (Å²) in [5, 5.41) is 12.3. The van der Waals surface area contributed by atoms with Gasteiger partial charge in [0, 0.05) is 0 Å². The van der Waals surface area contributed by atoms with E-state index < -0.39 is 16.0 Å². The molecular formula is C16H14NO4S-. The number of rotatable bonds is 4. The van der Waals surface area contributed by atoms with Crippen LogP contribution in [0.5, 0.6) is 0 Å². The minimum atomic E-state index is -3.74. The maximum absolute atomic E-state index is 11.9. The van der Waals surface area contributed by atoms with Gasteiger partial charge in [0.25, 0.3) is 10.0 Å². The summed E-state index contributed by atoms with van der Waals surface area (Å²) in [4.78, 5) is 0. The SMILES string of the molecule is COC([O-])=C1C=CC(=NS(=O)(=O)C=Cc2ccccc2)C=C1. The summed E-state index contributed by atoms with van der Waals surface area (Å²) >= 11 is 0. The number of hydrogen-bond acceptors (Lipinski definition) is 4. The van der Waals surface area contributed by atoms with E-state index >= 15 is 0 Å². The molecule has 2 rings (SSSR count). The Morgan fingerprint density at radius 3 is 2.36 bits per heavy atom. The number of ether oxygens (including phenoxy) is 1. The standard InChI is InChI=1S/C16H15NO4S/c1-21-16(18)14-7-9-15(10-8-14)17-22(19,20)12-11-13-5-3-2-4-6-13/h2-12,18H,1H3/p-1. The van der Waals surface area contributed by atoms with Crippen molar-refractivity contribution < 1.29 is 18.3 Å². The summed E-state index contributed by atoms with van der Waals surface area (Å²) in [6.45, 7) is 0. The molecule has 0 amide bonds. The molecule has 0 radical (unpaired) electrons. The minimum Gasteiger partial charge on any atom is -0.616 e. The van der Waals surface area contributed by atoms with Crippen LogP contribution in [0.15, 0.2) is 76.0 Å². The lowest BCUT2D eigenvalue weighted by Crippen LogP contribution is -2.09. The van der Waals surface area contributed by atoms with Gasteiger partial charge < -0.3 is 9.84 Å². The van der Waals surface area contributed by atoms with Gasteiger partial charge in [-0.15, -0.1) is 0 Å². The number of benzene rings is 1. The normalized spacial score (nSPS) is 14.4. The Kier molecular flexibility index (Phi) is 4.95. The third-order valence-corrected chi connectivity index (χ3v) is 3.70. The molecule has 22 heavy (non-hydrogen) atoms. The van der Waals surface area contributed by atoms with E-state index in [2.05, 4.69) is 9.13 Å². The van der Waals surface area contributed by atoms with E-state index in [-0.39, 0.29) is 5.71 Å². The molecule has 5 nitrogen and oxygen atoms in total. The summed E-state index contributed by atoms with van der Waals surface area (Å²) < 4.78 is 32.0. The predicted octanol–water partition coefficient (Wildman–Crippen LogP) is 1.77. The highest BCUT2D eigenvalue weighted by atomic mass is 32.2. The third-order valence-electron chi connectivity index (χ3n) is 2.75. The van der Waals surface area contributed by atoms with Crippen molar-refractivity contribution in [2.24, 2.45) is 4.40 Å². The third kappa shape index (κ3) is 4.46. The fourth-order valence-corrected chi connectivity index (χ4v) is 2.49. The Morgan fingerprint density at radius 2 is 1.77 bits per heavy atom. The molecule has 1 aromatic rings. The molecular weight excluding hydrogens is 302 g/mol. The van der Waals surface area contributed by atoms with Crippen LogP contribution < -0.4 is 5.11 Å². The first kappa shape index (κ1) is 15.8. The molecule has 114 valence electrons. The zero-order chi connectivity index (χ0) is 16.0.